The van der Waals surface area contributed by atoms with Crippen LogP contribution in [0.1, 0.15) is 73.6 Å². The van der Waals surface area contributed by atoms with Crippen LogP contribution >= 0.6 is 0 Å². The van der Waals surface area contributed by atoms with Crippen molar-refractivity contribution in [3.8, 4) is 0 Å². The number of carbonyl (C=O) groups is 1. The molecule has 0 aromatic rings. The molecule has 0 amide bonds. The first-order valence-electron chi connectivity index (χ1n) is 9.61. The Morgan fingerprint density at radius 1 is 1.13 bits per heavy atom. The van der Waals surface area contributed by atoms with Gasteiger partial charge in [0.1, 0.15) is 6.10 Å². The number of hydrogen-bond donors (Lipinski definition) is 0. The van der Waals surface area contributed by atoms with Gasteiger partial charge in [0.25, 0.3) is 0 Å². The van der Waals surface area contributed by atoms with Crippen molar-refractivity contribution in [2.24, 2.45) is 35.0 Å². The number of rotatable bonds is 5. The molecule has 132 valence electrons. The first-order chi connectivity index (χ1) is 10.8. The summed E-state index contributed by atoms with van der Waals surface area (Å²) in [4.78, 5) is 11.4. The van der Waals surface area contributed by atoms with E-state index in [1.807, 2.05) is 0 Å². The average molecular weight is 321 g/mol. The predicted octanol–water partition coefficient (Wildman–Crippen LogP) is 5.62. The Balaban J connectivity index is 2.08. The summed E-state index contributed by atoms with van der Waals surface area (Å²) in [6.07, 6.45) is 11.1. The molecule has 2 rings (SSSR count). The molecule has 2 aliphatic rings. The van der Waals surface area contributed by atoms with E-state index in [1.165, 1.54) is 25.7 Å². The molecular formula is C21H36O2. The molecule has 0 unspecified atom stereocenters. The normalized spacial score (nSPS) is 36.9. The maximum atomic E-state index is 11.4. The quantitative estimate of drug-likeness (QED) is 0.485. The monoisotopic (exact) mass is 320 g/mol. The summed E-state index contributed by atoms with van der Waals surface area (Å²) < 4.78 is 5.67. The molecule has 0 bridgehead atoms. The Hall–Kier alpha value is -0.790. The third-order valence-electron chi connectivity index (χ3n) is 6.86. The molecule has 0 spiro atoms. The van der Waals surface area contributed by atoms with Gasteiger partial charge in [-0.1, -0.05) is 46.8 Å². The van der Waals surface area contributed by atoms with Crippen molar-refractivity contribution in [3.63, 3.8) is 0 Å². The van der Waals surface area contributed by atoms with Gasteiger partial charge in [0.15, 0.2) is 0 Å². The highest BCUT2D eigenvalue weighted by atomic mass is 16.5. The number of esters is 1. The van der Waals surface area contributed by atoms with E-state index in [4.69, 9.17) is 4.74 Å². The lowest BCUT2D eigenvalue weighted by Gasteiger charge is -2.45. The summed E-state index contributed by atoms with van der Waals surface area (Å²) in [5, 5.41) is 0. The van der Waals surface area contributed by atoms with Crippen LogP contribution in [-0.2, 0) is 9.53 Å². The molecule has 0 aromatic carbocycles. The molecule has 2 saturated carbocycles. The molecule has 0 N–H and O–H groups in total. The van der Waals surface area contributed by atoms with Gasteiger partial charge in [-0.25, -0.2) is 0 Å². The Morgan fingerprint density at radius 3 is 2.43 bits per heavy atom. The second-order valence-electron chi connectivity index (χ2n) is 8.68. The molecule has 2 nitrogen and oxygen atoms in total. The summed E-state index contributed by atoms with van der Waals surface area (Å²) in [7, 11) is 0. The van der Waals surface area contributed by atoms with E-state index in [0.29, 0.717) is 29.1 Å². The maximum Gasteiger partial charge on any atom is 0.302 e. The van der Waals surface area contributed by atoms with Gasteiger partial charge in [0.2, 0.25) is 0 Å². The molecule has 0 heterocycles. The Labute approximate surface area is 143 Å². The second kappa shape index (κ2) is 7.40. The fraction of sp³-hybridized carbons (Fsp3) is 0.857. The second-order valence-corrected chi connectivity index (χ2v) is 8.68. The molecule has 0 aromatic heterocycles. The topological polar surface area (TPSA) is 26.3 Å². The first-order valence-corrected chi connectivity index (χ1v) is 9.61. The van der Waals surface area contributed by atoms with Gasteiger partial charge in [-0.2, -0.15) is 0 Å². The smallest absolute Gasteiger partial charge is 0.302 e. The van der Waals surface area contributed by atoms with Gasteiger partial charge in [0, 0.05) is 12.8 Å². The molecule has 2 aliphatic carbocycles. The third kappa shape index (κ3) is 4.00. The van der Waals surface area contributed by atoms with Crippen molar-refractivity contribution >= 4 is 5.97 Å². The highest BCUT2D eigenvalue weighted by Crippen LogP contribution is 2.58. The van der Waals surface area contributed by atoms with E-state index >= 15 is 0 Å². The molecule has 2 heteroatoms. The first kappa shape index (κ1) is 18.5. The van der Waals surface area contributed by atoms with Crippen LogP contribution in [0.15, 0.2) is 12.2 Å². The summed E-state index contributed by atoms with van der Waals surface area (Å²) in [5.74, 6) is 3.13. The fourth-order valence-electron chi connectivity index (χ4n) is 5.08. The zero-order valence-electron chi connectivity index (χ0n) is 16.0. The summed E-state index contributed by atoms with van der Waals surface area (Å²) in [6, 6.07) is 0. The van der Waals surface area contributed by atoms with Crippen LogP contribution in [-0.4, -0.2) is 12.1 Å². The zero-order valence-corrected chi connectivity index (χ0v) is 16.0. The van der Waals surface area contributed by atoms with Gasteiger partial charge in [-0.15, -0.1) is 0 Å². The van der Waals surface area contributed by atoms with Crippen LogP contribution in [0.2, 0.25) is 0 Å². The highest BCUT2D eigenvalue weighted by Gasteiger charge is 2.53. The van der Waals surface area contributed by atoms with E-state index in [0.717, 1.165) is 12.3 Å². The van der Waals surface area contributed by atoms with Gasteiger partial charge >= 0.3 is 5.97 Å². The highest BCUT2D eigenvalue weighted by molar-refractivity contribution is 5.66. The predicted molar refractivity (Wildman–Crippen MR) is 96.0 cm³/mol. The van der Waals surface area contributed by atoms with Crippen LogP contribution < -0.4 is 0 Å². The zero-order chi connectivity index (χ0) is 17.2. The molecule has 6 atom stereocenters. The Morgan fingerprint density at radius 2 is 1.83 bits per heavy atom. The number of carbonyl (C=O) groups excluding carboxylic acids is 1. The van der Waals surface area contributed by atoms with Gasteiger partial charge < -0.3 is 4.74 Å². The molecule has 23 heavy (non-hydrogen) atoms. The SMILES string of the molecule is CC(=O)O[C@H]1CCC[C@]2(C)[C@@H]([C@H](C)/C=C/[C@H](C)C(C)C)CC[C@@H]12. The minimum atomic E-state index is -0.110. The lowest BCUT2D eigenvalue weighted by Crippen LogP contribution is -2.43. The van der Waals surface area contributed by atoms with Crippen molar-refractivity contribution in [3.05, 3.63) is 12.2 Å². The minimum Gasteiger partial charge on any atom is -0.462 e. The van der Waals surface area contributed by atoms with Gasteiger partial charge in [0.05, 0.1) is 0 Å². The van der Waals surface area contributed by atoms with Crippen LogP contribution in [0.5, 0.6) is 0 Å². The van der Waals surface area contributed by atoms with Crippen LogP contribution in [0.3, 0.4) is 0 Å². The van der Waals surface area contributed by atoms with Crippen LogP contribution in [0.4, 0.5) is 0 Å². The van der Waals surface area contributed by atoms with Gasteiger partial charge in [-0.3, -0.25) is 4.79 Å². The van der Waals surface area contributed by atoms with Crippen molar-refractivity contribution < 1.29 is 9.53 Å². The third-order valence-corrected chi connectivity index (χ3v) is 6.86. The standard InChI is InChI=1S/C21H36O2/c1-14(2)15(3)9-10-16(4)18-11-12-19-20(23-17(5)22)8-7-13-21(18,19)6/h9-10,14-16,18-20H,7-8,11-13H2,1-6H3/b10-9+/t15-,16+,18+,19-,20-,21+/m0/s1. The average Bonchev–Trinajstić information content (AvgIpc) is 2.81. The van der Waals surface area contributed by atoms with Crippen LogP contribution in [0.25, 0.3) is 0 Å². The number of allylic oxidation sites excluding steroid dienone is 2. The summed E-state index contributed by atoms with van der Waals surface area (Å²) >= 11 is 0. The van der Waals surface area contributed by atoms with Crippen molar-refractivity contribution in [1.29, 1.82) is 0 Å². The minimum absolute atomic E-state index is 0.110. The fourth-order valence-corrected chi connectivity index (χ4v) is 5.08. The number of fused-ring (bicyclic) bond motifs is 1. The number of ether oxygens (including phenoxy) is 1. The van der Waals surface area contributed by atoms with Crippen molar-refractivity contribution in [1.82, 2.24) is 0 Å². The Bertz CT molecular complexity index is 439. The molecule has 0 saturated heterocycles. The van der Waals surface area contributed by atoms with Crippen LogP contribution in [0, 0.1) is 35.0 Å². The lowest BCUT2D eigenvalue weighted by molar-refractivity contribution is -0.155. The molecule has 0 aliphatic heterocycles. The Kier molecular flexibility index (Phi) is 5.97. The van der Waals surface area contributed by atoms with E-state index < -0.39 is 0 Å². The van der Waals surface area contributed by atoms with E-state index in [-0.39, 0.29) is 12.1 Å². The maximum absolute atomic E-state index is 11.4. The van der Waals surface area contributed by atoms with Crippen molar-refractivity contribution in [2.75, 3.05) is 0 Å². The molecule has 2 fully saturated rings. The van der Waals surface area contributed by atoms with Crippen molar-refractivity contribution in [2.45, 2.75) is 79.8 Å². The van der Waals surface area contributed by atoms with E-state index in [1.54, 1.807) is 6.92 Å². The molecule has 0 radical (unpaired) electrons. The summed E-state index contributed by atoms with van der Waals surface area (Å²) in [5.41, 5.74) is 0.337. The summed E-state index contributed by atoms with van der Waals surface area (Å²) in [6.45, 7) is 13.3. The van der Waals surface area contributed by atoms with E-state index in [2.05, 4.69) is 46.8 Å². The molecular weight excluding hydrogens is 284 g/mol. The number of hydrogen-bond acceptors (Lipinski definition) is 2. The lowest BCUT2D eigenvalue weighted by atomic mass is 9.61. The largest absolute Gasteiger partial charge is 0.462 e. The van der Waals surface area contributed by atoms with E-state index in [9.17, 15) is 4.79 Å². The van der Waals surface area contributed by atoms with Gasteiger partial charge in [-0.05, 0) is 61.2 Å².